The molecule has 1 N–H and O–H groups in total. The van der Waals surface area contributed by atoms with Gasteiger partial charge in [0.2, 0.25) is 15.9 Å². The zero-order valence-electron chi connectivity index (χ0n) is 16.7. The van der Waals surface area contributed by atoms with Crippen LogP contribution in [-0.4, -0.2) is 45.5 Å². The molecule has 0 spiro atoms. The van der Waals surface area contributed by atoms with E-state index >= 15 is 0 Å². The summed E-state index contributed by atoms with van der Waals surface area (Å²) < 4.78 is 38.5. The fraction of sp³-hybridized carbons (Fsp3) is 0.318. The second-order valence-electron chi connectivity index (χ2n) is 7.39. The van der Waals surface area contributed by atoms with Gasteiger partial charge in [0, 0.05) is 36.1 Å². The quantitative estimate of drug-likeness (QED) is 0.652. The van der Waals surface area contributed by atoms with Gasteiger partial charge >= 0.3 is 0 Å². The number of piperidine rings is 1. The molecule has 0 bridgehead atoms. The second kappa shape index (κ2) is 8.49. The number of carbonyl (C=O) groups is 1. The number of hydrogen-bond donors (Lipinski definition) is 1. The van der Waals surface area contributed by atoms with Gasteiger partial charge < -0.3 is 14.1 Å². The lowest BCUT2D eigenvalue weighted by molar-refractivity contribution is -0.131. The summed E-state index contributed by atoms with van der Waals surface area (Å²) in [4.78, 5) is 14.8. The average molecular weight is 429 g/mol. The van der Waals surface area contributed by atoms with Crippen molar-refractivity contribution < 1.29 is 22.4 Å². The maximum Gasteiger partial charge on any atom is 0.240 e. The van der Waals surface area contributed by atoms with Crippen LogP contribution in [0.5, 0.6) is 5.75 Å². The summed E-state index contributed by atoms with van der Waals surface area (Å²) in [7, 11) is -1.95. The number of rotatable bonds is 6. The Balaban J connectivity index is 1.35. The molecule has 0 atom stereocenters. The van der Waals surface area contributed by atoms with E-state index in [2.05, 4.69) is 4.72 Å². The van der Waals surface area contributed by atoms with Gasteiger partial charge in [0.15, 0.2) is 0 Å². The number of furan rings is 1. The predicted octanol–water partition coefficient (Wildman–Crippen LogP) is 2.95. The van der Waals surface area contributed by atoms with Crippen molar-refractivity contribution in [1.82, 2.24) is 9.62 Å². The minimum Gasteiger partial charge on any atom is -0.497 e. The first-order valence-electron chi connectivity index (χ1n) is 9.85. The van der Waals surface area contributed by atoms with Crippen molar-refractivity contribution in [3.05, 3.63) is 60.4 Å². The number of benzene rings is 2. The molecule has 7 nitrogen and oxygen atoms in total. The minimum absolute atomic E-state index is 0.0119. The number of likely N-dealkylation sites (tertiary alicyclic amines) is 1. The van der Waals surface area contributed by atoms with Crippen molar-refractivity contribution in [1.29, 1.82) is 0 Å². The molecule has 1 saturated heterocycles. The Morgan fingerprint density at radius 1 is 1.17 bits per heavy atom. The summed E-state index contributed by atoms with van der Waals surface area (Å²) in [5.74, 6) is 0.715. The van der Waals surface area contributed by atoms with Gasteiger partial charge in [-0.05, 0) is 37.1 Å². The van der Waals surface area contributed by atoms with E-state index in [9.17, 15) is 13.2 Å². The largest absolute Gasteiger partial charge is 0.497 e. The summed E-state index contributed by atoms with van der Waals surface area (Å²) in [5, 5.41) is 0.898. The Labute approximate surface area is 175 Å². The van der Waals surface area contributed by atoms with Crippen LogP contribution in [0.3, 0.4) is 0 Å². The first-order valence-corrected chi connectivity index (χ1v) is 11.3. The Morgan fingerprint density at radius 2 is 1.90 bits per heavy atom. The van der Waals surface area contributed by atoms with Gasteiger partial charge in [0.25, 0.3) is 0 Å². The van der Waals surface area contributed by atoms with Crippen LogP contribution in [0.25, 0.3) is 11.0 Å². The van der Waals surface area contributed by atoms with Gasteiger partial charge in [0.1, 0.15) is 11.3 Å². The zero-order chi connectivity index (χ0) is 21.1. The third-order valence-electron chi connectivity index (χ3n) is 5.43. The first-order chi connectivity index (χ1) is 14.5. The van der Waals surface area contributed by atoms with Gasteiger partial charge in [-0.2, -0.15) is 0 Å². The topological polar surface area (TPSA) is 88.9 Å². The number of nitrogens with one attached hydrogen (secondary N) is 1. The monoisotopic (exact) mass is 428 g/mol. The third kappa shape index (κ3) is 4.34. The normalized spacial score (nSPS) is 15.4. The number of nitrogens with zero attached hydrogens (tertiary/aromatic N) is 1. The van der Waals surface area contributed by atoms with E-state index in [0.29, 0.717) is 37.3 Å². The summed E-state index contributed by atoms with van der Waals surface area (Å²) in [6.45, 7) is 1.04. The molecular weight excluding hydrogens is 404 g/mol. The van der Waals surface area contributed by atoms with Crippen molar-refractivity contribution in [3.8, 4) is 5.75 Å². The summed E-state index contributed by atoms with van der Waals surface area (Å²) >= 11 is 0. The fourth-order valence-electron chi connectivity index (χ4n) is 3.74. The highest BCUT2D eigenvalue weighted by atomic mass is 32.2. The molecule has 8 heteroatoms. The van der Waals surface area contributed by atoms with Crippen molar-refractivity contribution in [3.63, 3.8) is 0 Å². The van der Waals surface area contributed by atoms with E-state index in [-0.39, 0.29) is 23.3 Å². The molecule has 3 aromatic rings. The number of carbonyl (C=O) groups excluding carboxylic acids is 1. The van der Waals surface area contributed by atoms with Crippen molar-refractivity contribution in [2.75, 3.05) is 20.2 Å². The Morgan fingerprint density at radius 3 is 2.60 bits per heavy atom. The average Bonchev–Trinajstić information content (AvgIpc) is 3.16. The van der Waals surface area contributed by atoms with E-state index in [1.807, 2.05) is 12.1 Å². The summed E-state index contributed by atoms with van der Waals surface area (Å²) in [6.07, 6.45) is 3.03. The number of amides is 1. The first kappa shape index (κ1) is 20.4. The van der Waals surface area contributed by atoms with Crippen LogP contribution >= 0.6 is 0 Å². The van der Waals surface area contributed by atoms with E-state index in [1.165, 1.54) is 0 Å². The van der Waals surface area contributed by atoms with Crippen LogP contribution in [-0.2, 0) is 21.2 Å². The Bertz CT molecular complexity index is 1130. The molecule has 0 radical (unpaired) electrons. The van der Waals surface area contributed by atoms with E-state index < -0.39 is 10.0 Å². The predicted molar refractivity (Wildman–Crippen MR) is 113 cm³/mol. The van der Waals surface area contributed by atoms with Crippen molar-refractivity contribution in [2.45, 2.75) is 30.2 Å². The van der Waals surface area contributed by atoms with Gasteiger partial charge in [-0.3, -0.25) is 4.79 Å². The third-order valence-corrected chi connectivity index (χ3v) is 6.96. The Hall–Kier alpha value is -2.84. The standard InChI is InChI=1S/C22H24N2O5S/c1-28-18-7-8-20-16(15-29-21(20)14-18)13-22(25)24-11-9-17(10-12-24)23-30(26,27)19-5-3-2-4-6-19/h2-8,14-15,17,23H,9-13H2,1H3. The molecule has 30 heavy (non-hydrogen) atoms. The summed E-state index contributed by atoms with van der Waals surface area (Å²) in [6, 6.07) is 13.7. The van der Waals surface area contributed by atoms with Gasteiger partial charge in [0.05, 0.1) is 24.7 Å². The van der Waals surface area contributed by atoms with Crippen LogP contribution in [0.1, 0.15) is 18.4 Å². The van der Waals surface area contributed by atoms with Crippen LogP contribution in [0.2, 0.25) is 0 Å². The molecule has 0 aliphatic carbocycles. The smallest absolute Gasteiger partial charge is 0.240 e. The van der Waals surface area contributed by atoms with Gasteiger partial charge in [-0.25, -0.2) is 13.1 Å². The van der Waals surface area contributed by atoms with Crippen LogP contribution in [0.4, 0.5) is 0 Å². The molecular formula is C22H24N2O5S. The maximum atomic E-state index is 12.8. The lowest BCUT2D eigenvalue weighted by atomic mass is 10.0. The molecule has 1 amide bonds. The number of methoxy groups -OCH3 is 1. The van der Waals surface area contributed by atoms with Gasteiger partial charge in [-0.1, -0.05) is 18.2 Å². The minimum atomic E-state index is -3.54. The van der Waals surface area contributed by atoms with Crippen LogP contribution < -0.4 is 9.46 Å². The van der Waals surface area contributed by atoms with E-state index in [4.69, 9.17) is 9.15 Å². The second-order valence-corrected chi connectivity index (χ2v) is 9.10. The lowest BCUT2D eigenvalue weighted by Gasteiger charge is -2.32. The molecule has 0 unspecified atom stereocenters. The molecule has 2 aromatic carbocycles. The molecule has 2 heterocycles. The fourth-order valence-corrected chi connectivity index (χ4v) is 5.06. The van der Waals surface area contributed by atoms with Crippen LogP contribution in [0, 0.1) is 0 Å². The highest BCUT2D eigenvalue weighted by Gasteiger charge is 2.27. The number of ether oxygens (including phenoxy) is 1. The number of sulfonamides is 1. The molecule has 1 aromatic heterocycles. The zero-order valence-corrected chi connectivity index (χ0v) is 17.5. The van der Waals surface area contributed by atoms with Crippen molar-refractivity contribution >= 4 is 26.9 Å². The highest BCUT2D eigenvalue weighted by molar-refractivity contribution is 7.89. The van der Waals surface area contributed by atoms with Crippen LogP contribution in [0.15, 0.2) is 64.1 Å². The van der Waals surface area contributed by atoms with E-state index in [0.717, 1.165) is 10.9 Å². The molecule has 1 aliphatic heterocycles. The lowest BCUT2D eigenvalue weighted by Crippen LogP contribution is -2.46. The summed E-state index contributed by atoms with van der Waals surface area (Å²) in [5.41, 5.74) is 1.52. The maximum absolute atomic E-state index is 12.8. The molecule has 0 saturated carbocycles. The molecule has 1 aliphatic rings. The SMILES string of the molecule is COc1ccc2c(CC(=O)N3CCC(NS(=O)(=O)c4ccccc4)CC3)coc2c1. The Kier molecular flexibility index (Phi) is 5.78. The molecule has 158 valence electrons. The van der Waals surface area contributed by atoms with Gasteiger partial charge in [-0.15, -0.1) is 0 Å². The highest BCUT2D eigenvalue weighted by Crippen LogP contribution is 2.26. The van der Waals surface area contributed by atoms with Crippen molar-refractivity contribution in [2.24, 2.45) is 0 Å². The molecule has 4 rings (SSSR count). The number of fused-ring (bicyclic) bond motifs is 1. The number of hydrogen-bond acceptors (Lipinski definition) is 5. The van der Waals surface area contributed by atoms with E-state index in [1.54, 1.807) is 54.7 Å². The molecule has 1 fully saturated rings.